The zero-order valence-electron chi connectivity index (χ0n) is 11.1. The first-order chi connectivity index (χ1) is 9.44. The zero-order valence-corrected chi connectivity index (χ0v) is 11.1. The third kappa shape index (κ3) is 3.09. The Balaban J connectivity index is 2.48. The first-order valence-electron chi connectivity index (χ1n) is 6.15. The van der Waals surface area contributed by atoms with E-state index in [-0.39, 0.29) is 18.3 Å². The summed E-state index contributed by atoms with van der Waals surface area (Å²) in [4.78, 5) is 16.2. The lowest BCUT2D eigenvalue weighted by atomic mass is 10.3. The topological polar surface area (TPSA) is 69.7 Å². The molecule has 2 N–H and O–H groups in total. The molecular formula is C11H15F3N6. The molecule has 110 valence electrons. The molecule has 0 saturated carbocycles. The van der Waals surface area contributed by atoms with Crippen molar-refractivity contribution in [2.45, 2.75) is 19.5 Å². The SMILES string of the molecule is CCCN(CC(F)(F)F)c1nc(NC)nc2nc[nH]c12. The van der Waals surface area contributed by atoms with Crippen molar-refractivity contribution in [3.05, 3.63) is 6.33 Å². The van der Waals surface area contributed by atoms with Gasteiger partial charge in [0.2, 0.25) is 5.95 Å². The summed E-state index contributed by atoms with van der Waals surface area (Å²) in [5, 5.41) is 2.73. The Kier molecular flexibility index (Phi) is 3.96. The summed E-state index contributed by atoms with van der Waals surface area (Å²) in [5.74, 6) is 0.443. The third-order valence-electron chi connectivity index (χ3n) is 2.65. The molecule has 0 atom stereocenters. The van der Waals surface area contributed by atoms with E-state index in [0.29, 0.717) is 17.6 Å². The molecule has 0 radical (unpaired) electrons. The van der Waals surface area contributed by atoms with Crippen LogP contribution in [-0.4, -0.2) is 46.2 Å². The number of hydrogen-bond acceptors (Lipinski definition) is 5. The second-order valence-electron chi connectivity index (χ2n) is 4.26. The molecule has 0 fully saturated rings. The predicted molar refractivity (Wildman–Crippen MR) is 69.8 cm³/mol. The Morgan fingerprint density at radius 2 is 2.10 bits per heavy atom. The number of hydrogen-bond donors (Lipinski definition) is 2. The van der Waals surface area contributed by atoms with Gasteiger partial charge in [0.05, 0.1) is 6.33 Å². The van der Waals surface area contributed by atoms with Gasteiger partial charge in [-0.1, -0.05) is 6.92 Å². The van der Waals surface area contributed by atoms with Crippen LogP contribution >= 0.6 is 0 Å². The van der Waals surface area contributed by atoms with Crippen LogP contribution in [0.25, 0.3) is 11.2 Å². The van der Waals surface area contributed by atoms with Gasteiger partial charge in [-0.25, -0.2) is 4.98 Å². The minimum atomic E-state index is -4.30. The van der Waals surface area contributed by atoms with Gasteiger partial charge in [0.15, 0.2) is 11.5 Å². The van der Waals surface area contributed by atoms with Gasteiger partial charge >= 0.3 is 6.18 Å². The summed E-state index contributed by atoms with van der Waals surface area (Å²) < 4.78 is 38.1. The van der Waals surface area contributed by atoms with Crippen molar-refractivity contribution in [1.82, 2.24) is 19.9 Å². The van der Waals surface area contributed by atoms with Crippen LogP contribution in [0.1, 0.15) is 13.3 Å². The molecule has 0 bridgehead atoms. The van der Waals surface area contributed by atoms with E-state index in [0.717, 1.165) is 0 Å². The van der Waals surface area contributed by atoms with Crippen LogP contribution in [0.5, 0.6) is 0 Å². The molecule has 2 aromatic heterocycles. The molecule has 0 saturated heterocycles. The van der Waals surface area contributed by atoms with Gasteiger partial charge in [-0.3, -0.25) is 0 Å². The molecule has 20 heavy (non-hydrogen) atoms. The standard InChI is InChI=1S/C11H15F3N6/c1-3-4-20(5-11(12,13)14)9-7-8(17-6-16-7)18-10(15-2)19-9/h6H,3-5H2,1-2H3,(H2,15,16,17,18,19). The van der Waals surface area contributed by atoms with Crippen LogP contribution in [0.15, 0.2) is 6.33 Å². The van der Waals surface area contributed by atoms with Gasteiger partial charge in [-0.15, -0.1) is 0 Å². The fourth-order valence-electron chi connectivity index (χ4n) is 1.90. The average molecular weight is 288 g/mol. The van der Waals surface area contributed by atoms with Crippen molar-refractivity contribution in [3.8, 4) is 0 Å². The maximum atomic E-state index is 12.7. The highest BCUT2D eigenvalue weighted by molar-refractivity contribution is 5.84. The van der Waals surface area contributed by atoms with Crippen molar-refractivity contribution < 1.29 is 13.2 Å². The number of aromatic amines is 1. The molecule has 0 amide bonds. The van der Waals surface area contributed by atoms with Crippen LogP contribution in [0.2, 0.25) is 0 Å². The lowest BCUT2D eigenvalue weighted by molar-refractivity contribution is -0.119. The van der Waals surface area contributed by atoms with Crippen LogP contribution in [0.4, 0.5) is 24.9 Å². The van der Waals surface area contributed by atoms with Gasteiger partial charge in [0.1, 0.15) is 12.1 Å². The quantitative estimate of drug-likeness (QED) is 0.882. The summed E-state index contributed by atoms with van der Waals surface area (Å²) >= 11 is 0. The number of aromatic nitrogens is 4. The van der Waals surface area contributed by atoms with Crippen molar-refractivity contribution in [1.29, 1.82) is 0 Å². The highest BCUT2D eigenvalue weighted by atomic mass is 19.4. The number of H-pyrrole nitrogens is 1. The molecule has 2 aromatic rings. The van der Waals surface area contributed by atoms with E-state index in [4.69, 9.17) is 0 Å². The van der Waals surface area contributed by atoms with E-state index in [1.165, 1.54) is 11.2 Å². The molecule has 2 heterocycles. The normalized spacial score (nSPS) is 11.8. The smallest absolute Gasteiger partial charge is 0.357 e. The highest BCUT2D eigenvalue weighted by Gasteiger charge is 2.32. The number of rotatable bonds is 5. The number of nitrogens with one attached hydrogen (secondary N) is 2. The van der Waals surface area contributed by atoms with Gasteiger partial charge in [0.25, 0.3) is 0 Å². The molecule has 6 nitrogen and oxygen atoms in total. The minimum Gasteiger partial charge on any atom is -0.357 e. The van der Waals surface area contributed by atoms with Gasteiger partial charge in [-0.2, -0.15) is 23.1 Å². The lowest BCUT2D eigenvalue weighted by Gasteiger charge is -2.24. The van der Waals surface area contributed by atoms with Crippen molar-refractivity contribution >= 4 is 22.9 Å². The molecular weight excluding hydrogens is 273 g/mol. The summed E-state index contributed by atoms with van der Waals surface area (Å²) in [6.07, 6.45) is -2.34. The second kappa shape index (κ2) is 5.51. The molecule has 0 unspecified atom stereocenters. The van der Waals surface area contributed by atoms with E-state index in [2.05, 4.69) is 25.3 Å². The number of alkyl halides is 3. The number of nitrogens with zero attached hydrogens (tertiary/aromatic N) is 4. The lowest BCUT2D eigenvalue weighted by Crippen LogP contribution is -2.35. The first-order valence-corrected chi connectivity index (χ1v) is 6.15. The minimum absolute atomic E-state index is 0.205. The highest BCUT2D eigenvalue weighted by Crippen LogP contribution is 2.26. The molecule has 0 aliphatic rings. The molecule has 0 aromatic carbocycles. The van der Waals surface area contributed by atoms with Gasteiger partial charge in [-0.05, 0) is 6.42 Å². The molecule has 0 spiro atoms. The summed E-state index contributed by atoms with van der Waals surface area (Å²) in [5.41, 5.74) is 0.740. The molecule has 2 rings (SSSR count). The van der Waals surface area contributed by atoms with Crippen molar-refractivity contribution in [2.24, 2.45) is 0 Å². The molecule has 0 aliphatic heterocycles. The van der Waals surface area contributed by atoms with E-state index in [1.807, 2.05) is 6.92 Å². The van der Waals surface area contributed by atoms with Crippen LogP contribution in [0.3, 0.4) is 0 Å². The Labute approximate surface area is 113 Å². The van der Waals surface area contributed by atoms with Crippen molar-refractivity contribution in [2.75, 3.05) is 30.4 Å². The number of anilines is 2. The van der Waals surface area contributed by atoms with Gasteiger partial charge < -0.3 is 15.2 Å². The fraction of sp³-hybridized carbons (Fsp3) is 0.545. The monoisotopic (exact) mass is 288 g/mol. The van der Waals surface area contributed by atoms with Crippen molar-refractivity contribution in [3.63, 3.8) is 0 Å². The summed E-state index contributed by atoms with van der Waals surface area (Å²) in [7, 11) is 1.60. The molecule has 9 heteroatoms. The number of imidazole rings is 1. The molecule has 0 aliphatic carbocycles. The Hall–Kier alpha value is -2.06. The van der Waals surface area contributed by atoms with Gasteiger partial charge in [0, 0.05) is 13.6 Å². The Morgan fingerprint density at radius 3 is 2.70 bits per heavy atom. The third-order valence-corrected chi connectivity index (χ3v) is 2.65. The maximum Gasteiger partial charge on any atom is 0.405 e. The summed E-state index contributed by atoms with van der Waals surface area (Å²) in [6.45, 7) is 0.997. The Bertz CT molecular complexity index is 579. The van der Waals surface area contributed by atoms with E-state index in [9.17, 15) is 13.2 Å². The predicted octanol–water partition coefficient (Wildman–Crippen LogP) is 2.17. The van der Waals surface area contributed by atoms with E-state index >= 15 is 0 Å². The largest absolute Gasteiger partial charge is 0.405 e. The number of fused-ring (bicyclic) bond motifs is 1. The second-order valence-corrected chi connectivity index (χ2v) is 4.26. The van der Waals surface area contributed by atoms with Crippen LogP contribution < -0.4 is 10.2 Å². The van der Waals surface area contributed by atoms with Crippen LogP contribution in [0, 0.1) is 0 Å². The fourth-order valence-corrected chi connectivity index (χ4v) is 1.90. The van der Waals surface area contributed by atoms with Crippen LogP contribution in [-0.2, 0) is 0 Å². The average Bonchev–Trinajstić information content (AvgIpc) is 2.83. The Morgan fingerprint density at radius 1 is 1.35 bits per heavy atom. The maximum absolute atomic E-state index is 12.7. The first kappa shape index (κ1) is 14.4. The van der Waals surface area contributed by atoms with E-state index < -0.39 is 12.7 Å². The zero-order chi connectivity index (χ0) is 14.8. The summed E-state index contributed by atoms with van der Waals surface area (Å²) in [6, 6.07) is 0. The number of halogens is 3. The van der Waals surface area contributed by atoms with E-state index in [1.54, 1.807) is 7.05 Å².